The SMILES string of the molecule is CCc1ccc(NC(=O)CCOc2ccccc2Cl)cc1[N+](=O)[O-]. The number of hydrogen-bond acceptors (Lipinski definition) is 4. The molecule has 24 heavy (non-hydrogen) atoms. The van der Waals surface area contributed by atoms with Crippen LogP contribution >= 0.6 is 11.6 Å². The second-order valence-electron chi connectivity index (χ2n) is 5.03. The van der Waals surface area contributed by atoms with Gasteiger partial charge in [0.15, 0.2) is 0 Å². The fourth-order valence-electron chi connectivity index (χ4n) is 2.15. The van der Waals surface area contributed by atoms with E-state index in [2.05, 4.69) is 5.32 Å². The van der Waals surface area contributed by atoms with Gasteiger partial charge < -0.3 is 10.1 Å². The number of nitrogens with one attached hydrogen (secondary N) is 1. The van der Waals surface area contributed by atoms with Gasteiger partial charge in [0.05, 0.1) is 23.0 Å². The maximum absolute atomic E-state index is 11.9. The van der Waals surface area contributed by atoms with E-state index >= 15 is 0 Å². The topological polar surface area (TPSA) is 81.5 Å². The van der Waals surface area contributed by atoms with Crippen LogP contribution in [0.4, 0.5) is 11.4 Å². The quantitative estimate of drug-likeness (QED) is 0.600. The molecule has 0 radical (unpaired) electrons. The van der Waals surface area contributed by atoms with Gasteiger partial charge in [-0.2, -0.15) is 0 Å². The first-order valence-electron chi connectivity index (χ1n) is 7.45. The first-order chi connectivity index (χ1) is 11.5. The zero-order valence-electron chi connectivity index (χ0n) is 13.1. The van der Waals surface area contributed by atoms with E-state index in [1.54, 1.807) is 36.4 Å². The summed E-state index contributed by atoms with van der Waals surface area (Å²) in [6, 6.07) is 11.7. The molecule has 2 aromatic carbocycles. The largest absolute Gasteiger partial charge is 0.491 e. The molecule has 126 valence electrons. The third-order valence-corrected chi connectivity index (χ3v) is 3.68. The van der Waals surface area contributed by atoms with Crippen molar-refractivity contribution in [3.63, 3.8) is 0 Å². The van der Waals surface area contributed by atoms with E-state index in [-0.39, 0.29) is 24.6 Å². The zero-order valence-corrected chi connectivity index (χ0v) is 13.9. The summed E-state index contributed by atoms with van der Waals surface area (Å²) in [5.41, 5.74) is 1.02. The van der Waals surface area contributed by atoms with Gasteiger partial charge in [0.2, 0.25) is 5.91 Å². The molecule has 0 heterocycles. The number of nitrogens with zero attached hydrogens (tertiary/aromatic N) is 1. The van der Waals surface area contributed by atoms with Crippen LogP contribution in [0.3, 0.4) is 0 Å². The maximum atomic E-state index is 11.9. The number of ether oxygens (including phenoxy) is 1. The molecule has 0 spiro atoms. The van der Waals surface area contributed by atoms with E-state index in [4.69, 9.17) is 16.3 Å². The van der Waals surface area contributed by atoms with Crippen molar-refractivity contribution in [1.29, 1.82) is 0 Å². The molecule has 7 heteroatoms. The number of amides is 1. The Morgan fingerprint density at radius 1 is 1.29 bits per heavy atom. The Kier molecular flexibility index (Phi) is 6.14. The Balaban J connectivity index is 1.92. The van der Waals surface area contributed by atoms with Crippen molar-refractivity contribution in [2.24, 2.45) is 0 Å². The zero-order chi connectivity index (χ0) is 17.5. The molecule has 2 rings (SSSR count). The van der Waals surface area contributed by atoms with Crippen molar-refractivity contribution in [2.45, 2.75) is 19.8 Å². The van der Waals surface area contributed by atoms with Crippen molar-refractivity contribution >= 4 is 28.9 Å². The van der Waals surface area contributed by atoms with E-state index in [9.17, 15) is 14.9 Å². The minimum absolute atomic E-state index is 0.00242. The highest BCUT2D eigenvalue weighted by Gasteiger charge is 2.14. The molecule has 0 unspecified atom stereocenters. The monoisotopic (exact) mass is 348 g/mol. The number of carbonyl (C=O) groups is 1. The molecule has 0 aliphatic rings. The Morgan fingerprint density at radius 3 is 2.71 bits per heavy atom. The van der Waals surface area contributed by atoms with Crippen LogP contribution in [0.5, 0.6) is 5.75 Å². The smallest absolute Gasteiger partial charge is 0.274 e. The highest BCUT2D eigenvalue weighted by atomic mass is 35.5. The average Bonchev–Trinajstić information content (AvgIpc) is 2.56. The molecule has 1 N–H and O–H groups in total. The molecule has 0 bridgehead atoms. The van der Waals surface area contributed by atoms with E-state index in [1.807, 2.05) is 6.92 Å². The summed E-state index contributed by atoms with van der Waals surface area (Å²) in [5.74, 6) is 0.218. The molecule has 6 nitrogen and oxygen atoms in total. The lowest BCUT2D eigenvalue weighted by Gasteiger charge is -2.09. The van der Waals surface area contributed by atoms with Crippen LogP contribution in [-0.2, 0) is 11.2 Å². The highest BCUT2D eigenvalue weighted by Crippen LogP contribution is 2.24. The summed E-state index contributed by atoms with van der Waals surface area (Å²) in [6.45, 7) is 2.00. The van der Waals surface area contributed by atoms with Crippen LogP contribution in [-0.4, -0.2) is 17.4 Å². The van der Waals surface area contributed by atoms with Gasteiger partial charge >= 0.3 is 0 Å². The molecule has 0 fully saturated rings. The van der Waals surface area contributed by atoms with Crippen molar-refractivity contribution in [3.05, 3.63) is 63.2 Å². The fourth-order valence-corrected chi connectivity index (χ4v) is 2.34. The number of benzene rings is 2. The molecule has 0 atom stereocenters. The predicted octanol–water partition coefficient (Wildman–Crippen LogP) is 4.22. The van der Waals surface area contributed by atoms with Gasteiger partial charge in [0.25, 0.3) is 5.69 Å². The third kappa shape index (κ3) is 4.70. The van der Waals surface area contributed by atoms with Crippen molar-refractivity contribution in [2.75, 3.05) is 11.9 Å². The Bertz CT molecular complexity index is 749. The molecule has 0 saturated heterocycles. The van der Waals surface area contributed by atoms with E-state index in [0.29, 0.717) is 28.4 Å². The highest BCUT2D eigenvalue weighted by molar-refractivity contribution is 6.32. The Morgan fingerprint density at radius 2 is 2.04 bits per heavy atom. The number of nitro benzene ring substituents is 1. The van der Waals surface area contributed by atoms with Crippen LogP contribution in [0.1, 0.15) is 18.9 Å². The second kappa shape index (κ2) is 8.31. The maximum Gasteiger partial charge on any atom is 0.274 e. The number of hydrogen-bond donors (Lipinski definition) is 1. The molecule has 0 aromatic heterocycles. The number of para-hydroxylation sites is 1. The second-order valence-corrected chi connectivity index (χ2v) is 5.44. The molecular weight excluding hydrogens is 332 g/mol. The van der Waals surface area contributed by atoms with Crippen LogP contribution < -0.4 is 10.1 Å². The lowest BCUT2D eigenvalue weighted by molar-refractivity contribution is -0.385. The van der Waals surface area contributed by atoms with Crippen LogP contribution in [0.2, 0.25) is 5.02 Å². The normalized spacial score (nSPS) is 10.2. The number of rotatable bonds is 7. The molecular formula is C17H17ClN2O4. The van der Waals surface area contributed by atoms with Crippen molar-refractivity contribution in [1.82, 2.24) is 0 Å². The van der Waals surface area contributed by atoms with E-state index in [1.165, 1.54) is 6.07 Å². The number of anilines is 1. The summed E-state index contributed by atoms with van der Waals surface area (Å²) in [7, 11) is 0. The number of halogens is 1. The summed E-state index contributed by atoms with van der Waals surface area (Å²) >= 11 is 5.96. The molecule has 0 saturated carbocycles. The van der Waals surface area contributed by atoms with E-state index < -0.39 is 4.92 Å². The standard InChI is InChI=1S/C17H17ClN2O4/c1-2-12-7-8-13(11-15(12)20(22)23)19-17(21)9-10-24-16-6-4-3-5-14(16)18/h3-8,11H,2,9-10H2,1H3,(H,19,21). The first kappa shape index (κ1) is 17.7. The average molecular weight is 349 g/mol. The number of aryl methyl sites for hydroxylation is 1. The lowest BCUT2D eigenvalue weighted by Crippen LogP contribution is -2.15. The third-order valence-electron chi connectivity index (χ3n) is 3.37. The van der Waals surface area contributed by atoms with Crippen LogP contribution in [0, 0.1) is 10.1 Å². The van der Waals surface area contributed by atoms with Gasteiger partial charge in [-0.25, -0.2) is 0 Å². The minimum atomic E-state index is -0.449. The van der Waals surface area contributed by atoms with Gasteiger partial charge in [-0.05, 0) is 24.6 Å². The molecule has 0 aliphatic heterocycles. The summed E-state index contributed by atoms with van der Waals surface area (Å²) in [5, 5.41) is 14.1. The van der Waals surface area contributed by atoms with Gasteiger partial charge in [-0.3, -0.25) is 14.9 Å². The van der Waals surface area contributed by atoms with Crippen molar-refractivity contribution in [3.8, 4) is 5.75 Å². The van der Waals surface area contributed by atoms with Crippen LogP contribution in [0.25, 0.3) is 0 Å². The van der Waals surface area contributed by atoms with Gasteiger partial charge in [-0.1, -0.05) is 36.7 Å². The molecule has 1 amide bonds. The van der Waals surface area contributed by atoms with Crippen molar-refractivity contribution < 1.29 is 14.5 Å². The van der Waals surface area contributed by atoms with Crippen LogP contribution in [0.15, 0.2) is 42.5 Å². The van der Waals surface area contributed by atoms with Gasteiger partial charge in [-0.15, -0.1) is 0 Å². The Hall–Kier alpha value is -2.60. The molecule has 0 aliphatic carbocycles. The Labute approximate surface area is 144 Å². The lowest BCUT2D eigenvalue weighted by atomic mass is 10.1. The summed E-state index contributed by atoms with van der Waals surface area (Å²) < 4.78 is 5.44. The minimum Gasteiger partial charge on any atom is -0.491 e. The number of nitro groups is 1. The number of carbonyl (C=O) groups excluding carboxylic acids is 1. The fraction of sp³-hybridized carbons (Fsp3) is 0.235. The van der Waals surface area contributed by atoms with Gasteiger partial charge in [0, 0.05) is 17.3 Å². The summed E-state index contributed by atoms with van der Waals surface area (Å²) in [4.78, 5) is 22.5. The predicted molar refractivity (Wildman–Crippen MR) is 92.7 cm³/mol. The molecule has 2 aromatic rings. The first-order valence-corrected chi connectivity index (χ1v) is 7.83. The van der Waals surface area contributed by atoms with Gasteiger partial charge in [0.1, 0.15) is 5.75 Å². The summed E-state index contributed by atoms with van der Waals surface area (Å²) in [6.07, 6.45) is 0.658. The van der Waals surface area contributed by atoms with E-state index in [0.717, 1.165) is 0 Å².